The van der Waals surface area contributed by atoms with Gasteiger partial charge in [0, 0.05) is 28.5 Å². The first-order valence-corrected chi connectivity index (χ1v) is 6.04. The molecule has 0 saturated carbocycles. The van der Waals surface area contributed by atoms with E-state index >= 15 is 0 Å². The lowest BCUT2D eigenvalue weighted by atomic mass is 10.1. The Hall–Kier alpha value is -1.89. The normalized spacial score (nSPS) is 11.7. The Balaban J connectivity index is 2.62. The van der Waals surface area contributed by atoms with E-state index in [1.807, 2.05) is 6.07 Å². The number of hydrogen-bond donors (Lipinski definition) is 0. The topological polar surface area (TPSA) is 36.7 Å². The molecule has 5 heteroatoms. The number of allylic oxidation sites excluding steroid dienone is 1. The van der Waals surface area contributed by atoms with Crippen molar-refractivity contribution in [2.75, 3.05) is 0 Å². The number of rotatable bonds is 2. The molecule has 1 aromatic carbocycles. The summed E-state index contributed by atoms with van der Waals surface area (Å²) in [6, 6.07) is 9.32. The highest BCUT2D eigenvalue weighted by atomic mass is 35.5. The molecular formula is C14H7Cl2FN2. The van der Waals surface area contributed by atoms with Gasteiger partial charge >= 0.3 is 0 Å². The molecule has 1 heterocycles. The van der Waals surface area contributed by atoms with Gasteiger partial charge in [-0.25, -0.2) is 4.39 Å². The first-order valence-electron chi connectivity index (χ1n) is 5.29. The van der Waals surface area contributed by atoms with E-state index in [1.54, 1.807) is 18.3 Å². The lowest BCUT2D eigenvalue weighted by molar-refractivity contribution is 0.625. The molecule has 0 bridgehead atoms. The molecule has 0 aliphatic rings. The van der Waals surface area contributed by atoms with Crippen LogP contribution in [0, 0.1) is 17.1 Å². The average molecular weight is 293 g/mol. The third-order valence-corrected chi connectivity index (χ3v) is 3.07. The van der Waals surface area contributed by atoms with Crippen LogP contribution in [-0.2, 0) is 0 Å². The fourth-order valence-corrected chi connectivity index (χ4v) is 2.02. The molecule has 0 amide bonds. The van der Waals surface area contributed by atoms with Gasteiger partial charge in [-0.1, -0.05) is 29.3 Å². The number of benzene rings is 1. The monoisotopic (exact) mass is 292 g/mol. The Bertz CT molecular complexity index is 676. The number of nitrogens with zero attached hydrogens (tertiary/aromatic N) is 2. The maximum Gasteiger partial charge on any atom is 0.132 e. The van der Waals surface area contributed by atoms with Gasteiger partial charge in [0.2, 0.25) is 0 Å². The van der Waals surface area contributed by atoms with Crippen molar-refractivity contribution in [3.8, 4) is 6.07 Å². The Morgan fingerprint density at radius 2 is 2.11 bits per heavy atom. The van der Waals surface area contributed by atoms with Crippen molar-refractivity contribution in [3.63, 3.8) is 0 Å². The molecule has 1 aromatic heterocycles. The smallest absolute Gasteiger partial charge is 0.132 e. The molecule has 0 saturated heterocycles. The molecule has 0 fully saturated rings. The summed E-state index contributed by atoms with van der Waals surface area (Å²) in [4.78, 5) is 3.91. The van der Waals surface area contributed by atoms with Gasteiger partial charge < -0.3 is 0 Å². The minimum atomic E-state index is -0.536. The van der Waals surface area contributed by atoms with E-state index in [0.717, 1.165) is 0 Å². The van der Waals surface area contributed by atoms with Crippen LogP contribution in [-0.4, -0.2) is 4.98 Å². The van der Waals surface area contributed by atoms with E-state index in [1.165, 1.54) is 24.4 Å². The molecule has 2 rings (SSSR count). The summed E-state index contributed by atoms with van der Waals surface area (Å²) in [5.41, 5.74) is 0.764. The number of nitriles is 1. The maximum absolute atomic E-state index is 13.7. The zero-order valence-corrected chi connectivity index (χ0v) is 11.1. The van der Waals surface area contributed by atoms with Crippen LogP contribution in [0.5, 0.6) is 0 Å². The van der Waals surface area contributed by atoms with Gasteiger partial charge in [0.15, 0.2) is 0 Å². The quantitative estimate of drug-likeness (QED) is 0.764. The maximum atomic E-state index is 13.7. The van der Waals surface area contributed by atoms with Gasteiger partial charge in [-0.05, 0) is 24.3 Å². The molecular weight excluding hydrogens is 286 g/mol. The number of halogens is 3. The molecule has 0 unspecified atom stereocenters. The minimum Gasteiger partial charge on any atom is -0.264 e. The molecule has 0 radical (unpaired) electrons. The third kappa shape index (κ3) is 2.93. The fourth-order valence-electron chi connectivity index (χ4n) is 1.55. The van der Waals surface area contributed by atoms with Crippen LogP contribution in [0.4, 0.5) is 4.39 Å². The standard InChI is InChI=1S/C14H7Cl2FN2/c15-10-3-4-13(17)11(6-10)14(16)12(7-18)9-2-1-5-19-8-9/h1-6,8H/b14-12+. The fraction of sp³-hybridized carbons (Fsp3) is 0. The minimum absolute atomic E-state index is 0.00972. The van der Waals surface area contributed by atoms with Crippen molar-refractivity contribution in [2.45, 2.75) is 0 Å². The van der Waals surface area contributed by atoms with Gasteiger partial charge in [0.05, 0.1) is 10.6 Å². The van der Waals surface area contributed by atoms with E-state index < -0.39 is 5.82 Å². The van der Waals surface area contributed by atoms with Gasteiger partial charge in [-0.3, -0.25) is 4.98 Å². The highest BCUT2D eigenvalue weighted by Gasteiger charge is 2.13. The summed E-state index contributed by atoms with van der Waals surface area (Å²) in [7, 11) is 0. The van der Waals surface area contributed by atoms with Gasteiger partial charge in [-0.2, -0.15) is 5.26 Å². The predicted molar refractivity (Wildman–Crippen MR) is 73.9 cm³/mol. The molecule has 2 aromatic rings. The lowest BCUT2D eigenvalue weighted by Crippen LogP contribution is -1.90. The van der Waals surface area contributed by atoms with Crippen LogP contribution in [0.25, 0.3) is 10.6 Å². The molecule has 94 valence electrons. The van der Waals surface area contributed by atoms with Crippen LogP contribution in [0.3, 0.4) is 0 Å². The van der Waals surface area contributed by atoms with Crippen molar-refractivity contribution in [1.82, 2.24) is 4.98 Å². The molecule has 0 spiro atoms. The third-order valence-electron chi connectivity index (χ3n) is 2.45. The van der Waals surface area contributed by atoms with Gasteiger partial charge in [0.25, 0.3) is 0 Å². The predicted octanol–water partition coefficient (Wildman–Crippen LogP) is 4.50. The molecule has 0 aliphatic carbocycles. The summed E-state index contributed by atoms with van der Waals surface area (Å²) in [6.45, 7) is 0. The van der Waals surface area contributed by atoms with E-state index in [2.05, 4.69) is 4.98 Å². The average Bonchev–Trinajstić information content (AvgIpc) is 2.43. The Labute approximate surface area is 119 Å². The molecule has 0 N–H and O–H groups in total. The number of pyridine rings is 1. The summed E-state index contributed by atoms with van der Waals surface area (Å²) in [5, 5.41) is 9.55. The second-order valence-electron chi connectivity index (χ2n) is 3.67. The van der Waals surface area contributed by atoms with E-state index in [4.69, 9.17) is 23.2 Å². The van der Waals surface area contributed by atoms with E-state index in [9.17, 15) is 9.65 Å². The van der Waals surface area contributed by atoms with E-state index in [-0.39, 0.29) is 16.2 Å². The zero-order chi connectivity index (χ0) is 13.8. The second-order valence-corrected chi connectivity index (χ2v) is 4.48. The van der Waals surface area contributed by atoms with Gasteiger partial charge in [0.1, 0.15) is 11.9 Å². The Morgan fingerprint density at radius 3 is 2.74 bits per heavy atom. The number of hydrogen-bond acceptors (Lipinski definition) is 2. The summed E-state index contributed by atoms with van der Waals surface area (Å²) in [6.07, 6.45) is 3.07. The Kier molecular flexibility index (Phi) is 4.16. The number of aromatic nitrogens is 1. The summed E-state index contributed by atoms with van der Waals surface area (Å²) < 4.78 is 13.7. The SMILES string of the molecule is N#C/C(=C(\Cl)c1cc(Cl)ccc1F)c1cccnc1. The Morgan fingerprint density at radius 1 is 1.32 bits per heavy atom. The molecule has 0 atom stereocenters. The van der Waals surface area contributed by atoms with E-state index in [0.29, 0.717) is 10.6 Å². The van der Waals surface area contributed by atoms with Crippen LogP contribution in [0.1, 0.15) is 11.1 Å². The highest BCUT2D eigenvalue weighted by Crippen LogP contribution is 2.31. The first-order chi connectivity index (χ1) is 9.13. The first kappa shape index (κ1) is 13.5. The van der Waals surface area contributed by atoms with Crippen molar-refractivity contribution < 1.29 is 4.39 Å². The lowest BCUT2D eigenvalue weighted by Gasteiger charge is -2.06. The van der Waals surface area contributed by atoms with Crippen molar-refractivity contribution in [1.29, 1.82) is 5.26 Å². The second kappa shape index (κ2) is 5.83. The van der Waals surface area contributed by atoms with Crippen molar-refractivity contribution >= 4 is 33.8 Å². The van der Waals surface area contributed by atoms with Crippen LogP contribution >= 0.6 is 23.2 Å². The van der Waals surface area contributed by atoms with Crippen molar-refractivity contribution in [3.05, 3.63) is 64.7 Å². The van der Waals surface area contributed by atoms with Crippen LogP contribution in [0.15, 0.2) is 42.7 Å². The van der Waals surface area contributed by atoms with Crippen LogP contribution in [0.2, 0.25) is 5.02 Å². The largest absolute Gasteiger partial charge is 0.264 e. The molecule has 0 aliphatic heterocycles. The molecule has 2 nitrogen and oxygen atoms in total. The van der Waals surface area contributed by atoms with Crippen LogP contribution < -0.4 is 0 Å². The summed E-state index contributed by atoms with van der Waals surface area (Å²) >= 11 is 11.9. The highest BCUT2D eigenvalue weighted by molar-refractivity contribution is 6.53. The van der Waals surface area contributed by atoms with Crippen molar-refractivity contribution in [2.24, 2.45) is 0 Å². The summed E-state index contributed by atoms with van der Waals surface area (Å²) in [5.74, 6) is -0.536. The zero-order valence-electron chi connectivity index (χ0n) is 9.57. The molecule has 19 heavy (non-hydrogen) atoms. The van der Waals surface area contributed by atoms with Gasteiger partial charge in [-0.15, -0.1) is 0 Å².